The highest BCUT2D eigenvalue weighted by Crippen LogP contribution is 2.45. The highest BCUT2D eigenvalue weighted by molar-refractivity contribution is 5.87. The van der Waals surface area contributed by atoms with Crippen molar-refractivity contribution >= 4 is 11.2 Å². The van der Waals surface area contributed by atoms with Crippen molar-refractivity contribution in [2.75, 3.05) is 35.0 Å². The number of fused-ring (bicyclic) bond motifs is 1. The molecule has 9 aromatic rings. The number of benzene rings is 7. The summed E-state index contributed by atoms with van der Waals surface area (Å²) in [4.78, 5) is 14.5. The van der Waals surface area contributed by atoms with E-state index >= 15 is 0 Å². The van der Waals surface area contributed by atoms with Crippen LogP contribution in [0.15, 0.2) is 195 Å². The van der Waals surface area contributed by atoms with Crippen molar-refractivity contribution in [1.29, 1.82) is 0 Å². The van der Waals surface area contributed by atoms with Crippen molar-refractivity contribution in [3.8, 4) is 34.3 Å². The van der Waals surface area contributed by atoms with E-state index in [4.69, 9.17) is 48.1 Å². The Balaban J connectivity index is 0.919. The molecule has 0 amide bonds. The molecule has 3 heterocycles. The van der Waals surface area contributed by atoms with Gasteiger partial charge < -0.3 is 33.2 Å². The SMILES string of the molecule is COc1ccc(C(OCc2cccc(-c3ncnc4c3ncn4[C@H]3CC[C@H](COC(c4ccccc4)(c4ccc(OC)cc4)c4ccc(OC)cc4)O3)c2)(c2ccccc2)c2ccc(OC)cc2)cc1. The van der Waals surface area contributed by atoms with Gasteiger partial charge in [0.2, 0.25) is 0 Å². The molecule has 352 valence electrons. The van der Waals surface area contributed by atoms with Crippen LogP contribution >= 0.6 is 0 Å². The molecule has 2 atom stereocenters. The summed E-state index contributed by atoms with van der Waals surface area (Å²) in [7, 11) is 6.68. The zero-order valence-electron chi connectivity index (χ0n) is 39.6. The Morgan fingerprint density at radius 3 is 1.46 bits per heavy atom. The maximum Gasteiger partial charge on any atom is 0.165 e. The molecule has 0 unspecified atom stereocenters. The van der Waals surface area contributed by atoms with Crippen molar-refractivity contribution in [1.82, 2.24) is 19.5 Å². The van der Waals surface area contributed by atoms with Crippen LogP contribution in [0.5, 0.6) is 23.0 Å². The monoisotopic (exact) mass is 930 g/mol. The molecular weight excluding hydrogens is 877 g/mol. The van der Waals surface area contributed by atoms with Crippen LogP contribution in [0, 0.1) is 0 Å². The first kappa shape index (κ1) is 45.9. The molecule has 10 rings (SSSR count). The summed E-state index contributed by atoms with van der Waals surface area (Å²) in [6.07, 6.45) is 4.42. The Labute approximate surface area is 408 Å². The van der Waals surface area contributed by atoms with Crippen molar-refractivity contribution in [2.45, 2.75) is 43.0 Å². The quantitative estimate of drug-likeness (QED) is 0.0772. The highest BCUT2D eigenvalue weighted by Gasteiger charge is 2.41. The second-order valence-corrected chi connectivity index (χ2v) is 17.1. The van der Waals surface area contributed by atoms with Gasteiger partial charge in [0.25, 0.3) is 0 Å². The normalized spacial score (nSPS) is 14.9. The molecule has 0 spiro atoms. The minimum Gasteiger partial charge on any atom is -0.497 e. The van der Waals surface area contributed by atoms with Crippen LogP contribution in [0.25, 0.3) is 22.4 Å². The second-order valence-electron chi connectivity index (χ2n) is 17.1. The molecule has 2 aromatic heterocycles. The van der Waals surface area contributed by atoms with Gasteiger partial charge in [0, 0.05) is 5.56 Å². The average Bonchev–Trinajstić information content (AvgIpc) is 4.10. The Morgan fingerprint density at radius 1 is 0.500 bits per heavy atom. The van der Waals surface area contributed by atoms with Crippen LogP contribution in [0.3, 0.4) is 0 Å². The van der Waals surface area contributed by atoms with E-state index < -0.39 is 11.2 Å². The lowest BCUT2D eigenvalue weighted by Crippen LogP contribution is -2.35. The standard InChI is InChI=1S/C59H54N4O7/c1-64-49-26-18-45(19-27-49)58(43-14-7-5-8-15-43,46-20-28-50(65-2)29-21-46)68-37-41-12-11-13-42(36-41)55-56-57(61-39-60-55)63(40-62-56)54-35-34-53(70-54)38-69-59(44-16-9-6-10-17-44,47-22-30-51(66-3)31-23-47)48-24-32-52(67-4)33-25-48/h5-33,36,39-40,53-54H,34-35,37-38H2,1-4H3/t53-,54-/m1/s1. The smallest absolute Gasteiger partial charge is 0.165 e. The Hall–Kier alpha value is -7.83. The third-order valence-corrected chi connectivity index (χ3v) is 13.2. The first-order valence-electron chi connectivity index (χ1n) is 23.3. The number of ether oxygens (including phenoxy) is 7. The molecule has 0 aliphatic carbocycles. The van der Waals surface area contributed by atoms with E-state index in [1.165, 1.54) is 0 Å². The minimum absolute atomic E-state index is 0.209. The topological polar surface area (TPSA) is 108 Å². The summed E-state index contributed by atoms with van der Waals surface area (Å²) in [5.41, 5.74) is 7.82. The van der Waals surface area contributed by atoms with E-state index in [2.05, 4.69) is 84.9 Å². The van der Waals surface area contributed by atoms with Crippen molar-refractivity contribution < 1.29 is 33.2 Å². The van der Waals surface area contributed by atoms with Crippen molar-refractivity contribution in [3.63, 3.8) is 0 Å². The maximum absolute atomic E-state index is 7.24. The largest absolute Gasteiger partial charge is 0.497 e. The Morgan fingerprint density at radius 2 is 0.971 bits per heavy atom. The van der Waals surface area contributed by atoms with Gasteiger partial charge in [-0.1, -0.05) is 127 Å². The van der Waals surface area contributed by atoms with Gasteiger partial charge in [-0.2, -0.15) is 0 Å². The fourth-order valence-corrected chi connectivity index (χ4v) is 9.65. The molecule has 0 bridgehead atoms. The molecule has 0 N–H and O–H groups in total. The number of hydrogen-bond donors (Lipinski definition) is 0. The van der Waals surface area contributed by atoms with E-state index in [9.17, 15) is 0 Å². The molecule has 1 saturated heterocycles. The van der Waals surface area contributed by atoms with Crippen LogP contribution in [0.1, 0.15) is 58.0 Å². The predicted octanol–water partition coefficient (Wildman–Crippen LogP) is 11.7. The molecule has 7 aromatic carbocycles. The number of imidazole rings is 1. The molecule has 70 heavy (non-hydrogen) atoms. The van der Waals surface area contributed by atoms with Gasteiger partial charge in [-0.05, 0) is 106 Å². The van der Waals surface area contributed by atoms with E-state index in [0.29, 0.717) is 17.8 Å². The fourth-order valence-electron chi connectivity index (χ4n) is 9.65. The summed E-state index contributed by atoms with van der Waals surface area (Å²) in [5.74, 6) is 3.05. The third-order valence-electron chi connectivity index (χ3n) is 13.2. The molecule has 11 heteroatoms. The van der Waals surface area contributed by atoms with E-state index in [1.54, 1.807) is 34.8 Å². The lowest BCUT2D eigenvalue weighted by atomic mass is 9.80. The third kappa shape index (κ3) is 8.86. The molecule has 1 aliphatic rings. The van der Waals surface area contributed by atoms with Crippen LogP contribution in [-0.2, 0) is 32.0 Å². The fraction of sp³-hybridized carbons (Fsp3) is 0.203. The van der Waals surface area contributed by atoms with Crippen molar-refractivity contribution in [3.05, 3.63) is 234 Å². The Kier molecular flexibility index (Phi) is 13.4. The van der Waals surface area contributed by atoms with E-state index in [-0.39, 0.29) is 18.9 Å². The zero-order valence-corrected chi connectivity index (χ0v) is 39.6. The van der Waals surface area contributed by atoms with Gasteiger partial charge in [-0.15, -0.1) is 0 Å². The lowest BCUT2D eigenvalue weighted by molar-refractivity contribution is -0.0756. The zero-order chi connectivity index (χ0) is 47.9. The molecule has 0 saturated carbocycles. The second kappa shape index (κ2) is 20.4. The number of hydrogen-bond acceptors (Lipinski definition) is 10. The van der Waals surface area contributed by atoms with Crippen LogP contribution < -0.4 is 18.9 Å². The summed E-state index contributed by atoms with van der Waals surface area (Å²) < 4.78 is 45.5. The van der Waals surface area contributed by atoms with E-state index in [0.717, 1.165) is 86.0 Å². The highest BCUT2D eigenvalue weighted by atomic mass is 16.6. The summed E-state index contributed by atoms with van der Waals surface area (Å²) in [6.45, 7) is 0.610. The van der Waals surface area contributed by atoms with Gasteiger partial charge in [-0.25, -0.2) is 15.0 Å². The Bertz CT molecular complexity index is 3030. The predicted molar refractivity (Wildman–Crippen MR) is 269 cm³/mol. The molecule has 11 nitrogen and oxygen atoms in total. The van der Waals surface area contributed by atoms with Crippen LogP contribution in [0.2, 0.25) is 0 Å². The first-order valence-corrected chi connectivity index (χ1v) is 23.3. The average molecular weight is 931 g/mol. The molecule has 0 radical (unpaired) electrons. The van der Waals surface area contributed by atoms with Crippen LogP contribution in [-0.4, -0.2) is 60.7 Å². The van der Waals surface area contributed by atoms with Gasteiger partial charge in [0.05, 0.1) is 54.1 Å². The maximum atomic E-state index is 7.24. The summed E-state index contributed by atoms with van der Waals surface area (Å²) in [6, 6.07) is 61.1. The minimum atomic E-state index is -0.977. The molecule has 1 fully saturated rings. The number of rotatable bonds is 18. The summed E-state index contributed by atoms with van der Waals surface area (Å²) >= 11 is 0. The number of methoxy groups -OCH3 is 4. The number of aromatic nitrogens is 4. The van der Waals surface area contributed by atoms with Gasteiger partial charge >= 0.3 is 0 Å². The molecular formula is C59H54N4O7. The van der Waals surface area contributed by atoms with Gasteiger partial charge in [0.1, 0.15) is 58.0 Å². The first-order chi connectivity index (χ1) is 34.4. The van der Waals surface area contributed by atoms with Gasteiger partial charge in [0.15, 0.2) is 5.65 Å². The lowest BCUT2D eigenvalue weighted by Gasteiger charge is -2.37. The number of nitrogens with zero attached hydrogens (tertiary/aromatic N) is 4. The van der Waals surface area contributed by atoms with Crippen LogP contribution in [0.4, 0.5) is 0 Å². The van der Waals surface area contributed by atoms with E-state index in [1.807, 2.05) is 108 Å². The summed E-state index contributed by atoms with van der Waals surface area (Å²) in [5, 5.41) is 0. The molecule has 1 aliphatic heterocycles. The van der Waals surface area contributed by atoms with Gasteiger partial charge in [-0.3, -0.25) is 4.57 Å². The van der Waals surface area contributed by atoms with Crippen molar-refractivity contribution in [2.24, 2.45) is 0 Å².